The van der Waals surface area contributed by atoms with E-state index in [0.717, 1.165) is 16.3 Å². The van der Waals surface area contributed by atoms with Crippen LogP contribution in [0.25, 0.3) is 10.8 Å². The summed E-state index contributed by atoms with van der Waals surface area (Å²) >= 11 is 0. The number of imide groups is 1. The Labute approximate surface area is 117 Å². The molecule has 1 N–H and O–H groups in total. The highest BCUT2D eigenvalue weighted by Crippen LogP contribution is 2.33. The van der Waals surface area contributed by atoms with Gasteiger partial charge in [0.2, 0.25) is 0 Å². The molecule has 0 radical (unpaired) electrons. The van der Waals surface area contributed by atoms with Crippen molar-refractivity contribution in [2.75, 3.05) is 14.1 Å². The minimum atomic E-state index is -0.317. The van der Waals surface area contributed by atoms with Gasteiger partial charge in [-0.25, -0.2) is 0 Å². The average molecular weight is 268 g/mol. The second-order valence-corrected chi connectivity index (χ2v) is 5.36. The molecular formula is C16H16N2O2. The number of nitrogens with one attached hydrogen (secondary N) is 1. The number of hydrogen-bond donors (Lipinski definition) is 1. The van der Waals surface area contributed by atoms with Crippen molar-refractivity contribution in [3.05, 3.63) is 47.0 Å². The van der Waals surface area contributed by atoms with E-state index in [4.69, 9.17) is 0 Å². The predicted molar refractivity (Wildman–Crippen MR) is 77.8 cm³/mol. The molecule has 0 aliphatic carbocycles. The zero-order chi connectivity index (χ0) is 14.4. The first-order valence-electron chi connectivity index (χ1n) is 6.58. The number of nitrogens with zero attached hydrogens (tertiary/aromatic N) is 1. The summed E-state index contributed by atoms with van der Waals surface area (Å²) in [5.41, 5.74) is 2.14. The molecule has 1 aliphatic rings. The normalized spacial score (nSPS) is 15.6. The second kappa shape index (κ2) is 4.42. The molecule has 4 nitrogen and oxygen atoms in total. The minimum Gasteiger partial charge on any atom is -0.303 e. The van der Waals surface area contributed by atoms with Gasteiger partial charge in [-0.2, -0.15) is 0 Å². The van der Waals surface area contributed by atoms with Crippen LogP contribution in [0.2, 0.25) is 0 Å². The highest BCUT2D eigenvalue weighted by Gasteiger charge is 2.28. The lowest BCUT2D eigenvalue weighted by molar-refractivity contribution is 0.0843. The van der Waals surface area contributed by atoms with Crippen molar-refractivity contribution in [1.29, 1.82) is 0 Å². The molecule has 1 unspecified atom stereocenters. The smallest absolute Gasteiger partial charge is 0.259 e. The lowest BCUT2D eigenvalue weighted by Gasteiger charge is -2.26. The van der Waals surface area contributed by atoms with Crippen molar-refractivity contribution in [3.8, 4) is 0 Å². The van der Waals surface area contributed by atoms with Crippen LogP contribution in [-0.2, 0) is 0 Å². The molecule has 2 amide bonds. The van der Waals surface area contributed by atoms with Gasteiger partial charge in [0.1, 0.15) is 0 Å². The van der Waals surface area contributed by atoms with Crippen LogP contribution < -0.4 is 5.32 Å². The first-order valence-corrected chi connectivity index (χ1v) is 6.58. The Morgan fingerprint density at radius 3 is 2.50 bits per heavy atom. The Morgan fingerprint density at radius 1 is 1.05 bits per heavy atom. The van der Waals surface area contributed by atoms with Crippen molar-refractivity contribution < 1.29 is 9.59 Å². The van der Waals surface area contributed by atoms with Crippen LogP contribution >= 0.6 is 0 Å². The Kier molecular flexibility index (Phi) is 2.83. The fourth-order valence-corrected chi connectivity index (χ4v) is 2.69. The third-order valence-corrected chi connectivity index (χ3v) is 4.00. The van der Waals surface area contributed by atoms with Crippen LogP contribution in [0.15, 0.2) is 30.3 Å². The zero-order valence-electron chi connectivity index (χ0n) is 11.7. The van der Waals surface area contributed by atoms with Gasteiger partial charge in [-0.15, -0.1) is 0 Å². The van der Waals surface area contributed by atoms with Crippen molar-refractivity contribution in [2.45, 2.75) is 13.0 Å². The fourth-order valence-electron chi connectivity index (χ4n) is 2.69. The van der Waals surface area contributed by atoms with Crippen LogP contribution in [0.5, 0.6) is 0 Å². The van der Waals surface area contributed by atoms with E-state index >= 15 is 0 Å². The van der Waals surface area contributed by atoms with Gasteiger partial charge < -0.3 is 4.90 Å². The summed E-state index contributed by atoms with van der Waals surface area (Å²) in [4.78, 5) is 26.3. The van der Waals surface area contributed by atoms with Gasteiger partial charge in [0.15, 0.2) is 0 Å². The SMILES string of the molecule is CC(c1ccc2cccc3c2c1C(=O)NC3=O)N(C)C. The molecule has 1 heterocycles. The van der Waals surface area contributed by atoms with Crippen molar-refractivity contribution in [1.82, 2.24) is 10.2 Å². The fraction of sp³-hybridized carbons (Fsp3) is 0.250. The van der Waals surface area contributed by atoms with E-state index in [2.05, 4.69) is 5.32 Å². The molecule has 1 atom stereocenters. The summed E-state index contributed by atoms with van der Waals surface area (Å²) < 4.78 is 0. The minimum absolute atomic E-state index is 0.0985. The Hall–Kier alpha value is -2.20. The molecule has 0 aromatic heterocycles. The first kappa shape index (κ1) is 12.8. The summed E-state index contributed by atoms with van der Waals surface area (Å²) in [6, 6.07) is 9.58. The van der Waals surface area contributed by atoms with Crippen LogP contribution in [0.1, 0.15) is 39.2 Å². The summed E-state index contributed by atoms with van der Waals surface area (Å²) in [6.45, 7) is 2.05. The van der Waals surface area contributed by atoms with E-state index in [-0.39, 0.29) is 17.9 Å². The van der Waals surface area contributed by atoms with Crippen molar-refractivity contribution in [3.63, 3.8) is 0 Å². The highest BCUT2D eigenvalue weighted by molar-refractivity contribution is 6.26. The van der Waals surface area contributed by atoms with Gasteiger partial charge in [0.05, 0.1) is 5.56 Å². The molecule has 4 heteroatoms. The van der Waals surface area contributed by atoms with Gasteiger partial charge in [0, 0.05) is 17.0 Å². The molecule has 20 heavy (non-hydrogen) atoms. The maximum absolute atomic E-state index is 12.3. The zero-order valence-corrected chi connectivity index (χ0v) is 11.7. The largest absolute Gasteiger partial charge is 0.303 e. The molecular weight excluding hydrogens is 252 g/mol. The quantitative estimate of drug-likeness (QED) is 0.851. The van der Waals surface area contributed by atoms with E-state index in [1.165, 1.54) is 0 Å². The third kappa shape index (κ3) is 1.72. The molecule has 1 aliphatic heterocycles. The molecule has 2 aromatic rings. The maximum Gasteiger partial charge on any atom is 0.259 e. The number of benzene rings is 2. The summed E-state index contributed by atoms with van der Waals surface area (Å²) in [5.74, 6) is -0.620. The molecule has 0 saturated heterocycles. The lowest BCUT2D eigenvalue weighted by Crippen LogP contribution is -2.36. The first-order chi connectivity index (χ1) is 9.50. The Balaban J connectivity index is 2.40. The van der Waals surface area contributed by atoms with E-state index in [9.17, 15) is 9.59 Å². The number of hydrogen-bond acceptors (Lipinski definition) is 3. The monoisotopic (exact) mass is 268 g/mol. The molecule has 0 bridgehead atoms. The second-order valence-electron chi connectivity index (χ2n) is 5.36. The number of carbonyl (C=O) groups excluding carboxylic acids is 2. The van der Waals surface area contributed by atoms with E-state index in [1.807, 2.05) is 50.2 Å². The van der Waals surface area contributed by atoms with Crippen LogP contribution in [0, 0.1) is 0 Å². The number of rotatable bonds is 2. The molecule has 3 rings (SSSR count). The van der Waals surface area contributed by atoms with Crippen molar-refractivity contribution in [2.24, 2.45) is 0 Å². The molecule has 102 valence electrons. The van der Waals surface area contributed by atoms with Gasteiger partial charge >= 0.3 is 0 Å². The number of carbonyl (C=O) groups is 2. The molecule has 0 saturated carbocycles. The number of amides is 2. The van der Waals surface area contributed by atoms with E-state index < -0.39 is 0 Å². The summed E-state index contributed by atoms with van der Waals surface area (Å²) in [5, 5.41) is 4.13. The van der Waals surface area contributed by atoms with E-state index in [1.54, 1.807) is 6.07 Å². The predicted octanol–water partition coefficient (Wildman–Crippen LogP) is 2.35. The van der Waals surface area contributed by atoms with Crippen LogP contribution in [0.3, 0.4) is 0 Å². The highest BCUT2D eigenvalue weighted by atomic mass is 16.2. The van der Waals surface area contributed by atoms with Crippen LogP contribution in [0.4, 0.5) is 0 Å². The molecule has 2 aromatic carbocycles. The maximum atomic E-state index is 12.3. The van der Waals surface area contributed by atoms with Crippen molar-refractivity contribution >= 4 is 22.6 Å². The summed E-state index contributed by atoms with van der Waals surface area (Å²) in [7, 11) is 3.94. The van der Waals surface area contributed by atoms with Gasteiger partial charge in [-0.05, 0) is 38.0 Å². The lowest BCUT2D eigenvalue weighted by atomic mass is 9.89. The van der Waals surface area contributed by atoms with Gasteiger partial charge in [-0.1, -0.05) is 24.3 Å². The standard InChI is InChI=1S/C16H16N2O2/c1-9(18(2)3)11-8-7-10-5-4-6-12-13(10)14(11)16(20)17-15(12)19/h4-9H,1-3H3,(H,17,19,20). The molecule has 0 fully saturated rings. The summed E-state index contributed by atoms with van der Waals surface area (Å²) in [6.07, 6.45) is 0. The third-order valence-electron chi connectivity index (χ3n) is 4.00. The Morgan fingerprint density at radius 2 is 1.80 bits per heavy atom. The van der Waals surface area contributed by atoms with Gasteiger partial charge in [0.25, 0.3) is 11.8 Å². The van der Waals surface area contributed by atoms with Gasteiger partial charge in [-0.3, -0.25) is 14.9 Å². The topological polar surface area (TPSA) is 49.4 Å². The van der Waals surface area contributed by atoms with Crippen LogP contribution in [-0.4, -0.2) is 30.8 Å². The van der Waals surface area contributed by atoms with E-state index in [0.29, 0.717) is 11.1 Å². The average Bonchev–Trinajstić information content (AvgIpc) is 2.43. The molecule has 0 spiro atoms. The Bertz CT molecular complexity index is 735.